The van der Waals surface area contributed by atoms with E-state index >= 15 is 0 Å². The van der Waals surface area contributed by atoms with Gasteiger partial charge in [-0.3, -0.25) is 4.79 Å². The Bertz CT molecular complexity index is 281. The molecule has 0 rings (SSSR count). The summed E-state index contributed by atoms with van der Waals surface area (Å²) in [6, 6.07) is 0. The van der Waals surface area contributed by atoms with Crippen molar-refractivity contribution in [2.24, 2.45) is 11.7 Å². The van der Waals surface area contributed by atoms with Crippen LogP contribution in [-0.2, 0) is 4.79 Å². The zero-order valence-corrected chi connectivity index (χ0v) is 16.9. The zero-order valence-electron chi connectivity index (χ0n) is 16.9. The third-order valence-corrected chi connectivity index (χ3v) is 5.30. The first kappa shape index (κ1) is 24.4. The molecule has 0 aromatic rings. The molecule has 150 valence electrons. The van der Waals surface area contributed by atoms with Crippen molar-refractivity contribution in [3.63, 3.8) is 0 Å². The number of aliphatic carboxylic acids is 1. The fourth-order valence-electron chi connectivity index (χ4n) is 3.54. The smallest absolute Gasteiger partial charge is 0.303 e. The molecular formula is C22H45NO2. The van der Waals surface area contributed by atoms with E-state index in [1.165, 1.54) is 89.9 Å². The van der Waals surface area contributed by atoms with E-state index < -0.39 is 5.97 Å². The van der Waals surface area contributed by atoms with Crippen LogP contribution in [0.4, 0.5) is 0 Å². The number of rotatable bonds is 20. The zero-order chi connectivity index (χ0) is 18.6. The van der Waals surface area contributed by atoms with Gasteiger partial charge in [-0.25, -0.2) is 0 Å². The molecule has 0 radical (unpaired) electrons. The van der Waals surface area contributed by atoms with Crippen molar-refractivity contribution in [1.82, 2.24) is 0 Å². The number of nitrogens with two attached hydrogens (primary N) is 1. The molecule has 1 atom stereocenters. The van der Waals surface area contributed by atoms with Crippen LogP contribution in [0.2, 0.25) is 0 Å². The molecular weight excluding hydrogens is 310 g/mol. The normalized spacial score (nSPS) is 12.4. The Morgan fingerprint density at radius 2 is 1.12 bits per heavy atom. The minimum Gasteiger partial charge on any atom is -0.481 e. The molecule has 3 N–H and O–H groups in total. The standard InChI is InChI=1S/C22H45NO2/c1-2-3-4-5-6-7-8-9-10-11-12-14-17-21(20-23)18-15-13-16-19-22(24)25/h21H,2-20,23H2,1H3,(H,24,25). The molecule has 0 aliphatic carbocycles. The minimum atomic E-state index is -0.674. The number of hydrogen-bond acceptors (Lipinski definition) is 2. The molecule has 0 saturated heterocycles. The van der Waals surface area contributed by atoms with Gasteiger partial charge in [0.05, 0.1) is 0 Å². The van der Waals surface area contributed by atoms with Gasteiger partial charge in [-0.15, -0.1) is 0 Å². The van der Waals surface area contributed by atoms with Crippen LogP contribution in [-0.4, -0.2) is 17.6 Å². The summed E-state index contributed by atoms with van der Waals surface area (Å²) in [5.41, 5.74) is 5.88. The molecule has 0 amide bonds. The topological polar surface area (TPSA) is 63.3 Å². The van der Waals surface area contributed by atoms with E-state index in [4.69, 9.17) is 10.8 Å². The summed E-state index contributed by atoms with van der Waals surface area (Å²) in [7, 11) is 0. The van der Waals surface area contributed by atoms with Crippen LogP contribution in [0.5, 0.6) is 0 Å². The van der Waals surface area contributed by atoms with Crippen LogP contribution in [0.25, 0.3) is 0 Å². The highest BCUT2D eigenvalue weighted by molar-refractivity contribution is 5.66. The third kappa shape index (κ3) is 19.6. The van der Waals surface area contributed by atoms with Gasteiger partial charge in [-0.05, 0) is 31.7 Å². The second-order valence-electron chi connectivity index (χ2n) is 7.77. The number of hydrogen-bond donors (Lipinski definition) is 2. The van der Waals surface area contributed by atoms with Crippen LogP contribution in [0.15, 0.2) is 0 Å². The summed E-state index contributed by atoms with van der Waals surface area (Å²) < 4.78 is 0. The van der Waals surface area contributed by atoms with E-state index in [1.807, 2.05) is 0 Å². The highest BCUT2D eigenvalue weighted by Gasteiger charge is 2.06. The van der Waals surface area contributed by atoms with Gasteiger partial charge in [-0.1, -0.05) is 96.8 Å². The fraction of sp³-hybridized carbons (Fsp3) is 0.955. The van der Waals surface area contributed by atoms with Gasteiger partial charge < -0.3 is 10.8 Å². The van der Waals surface area contributed by atoms with Crippen LogP contribution in [0.1, 0.15) is 122 Å². The van der Waals surface area contributed by atoms with Crippen molar-refractivity contribution in [3.05, 3.63) is 0 Å². The van der Waals surface area contributed by atoms with E-state index in [-0.39, 0.29) is 0 Å². The quantitative estimate of drug-likeness (QED) is 0.239. The maximum absolute atomic E-state index is 10.5. The second-order valence-corrected chi connectivity index (χ2v) is 7.77. The average Bonchev–Trinajstić information content (AvgIpc) is 2.60. The van der Waals surface area contributed by atoms with Crippen molar-refractivity contribution in [2.45, 2.75) is 122 Å². The van der Waals surface area contributed by atoms with Crippen LogP contribution in [0.3, 0.4) is 0 Å². The van der Waals surface area contributed by atoms with Gasteiger partial charge in [0.25, 0.3) is 0 Å². The molecule has 3 nitrogen and oxygen atoms in total. The van der Waals surface area contributed by atoms with Crippen LogP contribution in [0, 0.1) is 5.92 Å². The molecule has 0 aromatic carbocycles. The van der Waals surface area contributed by atoms with E-state index in [1.54, 1.807) is 0 Å². The summed E-state index contributed by atoms with van der Waals surface area (Å²) >= 11 is 0. The molecule has 0 spiro atoms. The number of carboxylic acids is 1. The molecule has 3 heteroatoms. The Hall–Kier alpha value is -0.570. The Kier molecular flexibility index (Phi) is 19.3. The van der Waals surface area contributed by atoms with Gasteiger partial charge in [0.1, 0.15) is 0 Å². The summed E-state index contributed by atoms with van der Waals surface area (Å²) in [5, 5.41) is 8.63. The lowest BCUT2D eigenvalue weighted by atomic mass is 9.94. The predicted molar refractivity (Wildman–Crippen MR) is 109 cm³/mol. The van der Waals surface area contributed by atoms with E-state index in [2.05, 4.69) is 6.92 Å². The maximum Gasteiger partial charge on any atom is 0.303 e. The van der Waals surface area contributed by atoms with Crippen molar-refractivity contribution in [3.8, 4) is 0 Å². The molecule has 0 aromatic heterocycles. The summed E-state index contributed by atoms with van der Waals surface area (Å²) in [6.45, 7) is 3.06. The molecule has 0 bridgehead atoms. The lowest BCUT2D eigenvalue weighted by Gasteiger charge is -2.14. The monoisotopic (exact) mass is 355 g/mol. The van der Waals surface area contributed by atoms with Crippen molar-refractivity contribution in [2.75, 3.05) is 6.54 Å². The Morgan fingerprint density at radius 1 is 0.720 bits per heavy atom. The van der Waals surface area contributed by atoms with E-state index in [0.717, 1.165) is 25.8 Å². The fourth-order valence-corrected chi connectivity index (χ4v) is 3.54. The van der Waals surface area contributed by atoms with Gasteiger partial charge >= 0.3 is 5.97 Å². The highest BCUT2D eigenvalue weighted by atomic mass is 16.4. The van der Waals surface area contributed by atoms with Crippen molar-refractivity contribution < 1.29 is 9.90 Å². The van der Waals surface area contributed by atoms with E-state index in [0.29, 0.717) is 12.3 Å². The molecule has 0 saturated carbocycles. The summed E-state index contributed by atoms with van der Waals surface area (Å²) in [4.78, 5) is 10.5. The first-order chi connectivity index (χ1) is 12.2. The largest absolute Gasteiger partial charge is 0.481 e. The van der Waals surface area contributed by atoms with Crippen molar-refractivity contribution >= 4 is 5.97 Å². The number of unbranched alkanes of at least 4 members (excludes halogenated alkanes) is 13. The number of carbonyl (C=O) groups is 1. The minimum absolute atomic E-state index is 0.312. The van der Waals surface area contributed by atoms with Gasteiger partial charge in [0, 0.05) is 6.42 Å². The molecule has 0 fully saturated rings. The van der Waals surface area contributed by atoms with Crippen molar-refractivity contribution in [1.29, 1.82) is 0 Å². The summed E-state index contributed by atoms with van der Waals surface area (Å²) in [5.74, 6) is -0.0279. The van der Waals surface area contributed by atoms with Crippen LogP contribution < -0.4 is 5.73 Å². The highest BCUT2D eigenvalue weighted by Crippen LogP contribution is 2.18. The van der Waals surface area contributed by atoms with E-state index in [9.17, 15) is 4.79 Å². The van der Waals surface area contributed by atoms with Crippen LogP contribution >= 0.6 is 0 Å². The van der Waals surface area contributed by atoms with Gasteiger partial charge in [0.2, 0.25) is 0 Å². The second kappa shape index (κ2) is 19.8. The first-order valence-corrected chi connectivity index (χ1v) is 11.1. The first-order valence-electron chi connectivity index (χ1n) is 11.1. The molecule has 0 heterocycles. The lowest BCUT2D eigenvalue weighted by Crippen LogP contribution is -2.14. The number of carboxylic acid groups (broad SMARTS) is 1. The Labute approximate surface area is 157 Å². The third-order valence-electron chi connectivity index (χ3n) is 5.30. The molecule has 0 aliphatic heterocycles. The van der Waals surface area contributed by atoms with Gasteiger partial charge in [0.15, 0.2) is 0 Å². The average molecular weight is 356 g/mol. The molecule has 0 aliphatic rings. The lowest BCUT2D eigenvalue weighted by molar-refractivity contribution is -0.137. The Balaban J connectivity index is 3.28. The SMILES string of the molecule is CCCCCCCCCCCCCCC(CN)CCCCCC(=O)O. The maximum atomic E-state index is 10.5. The predicted octanol–water partition coefficient (Wildman–Crippen LogP) is 6.69. The summed E-state index contributed by atoms with van der Waals surface area (Å²) in [6.07, 6.45) is 22.5. The van der Waals surface area contributed by atoms with Gasteiger partial charge in [-0.2, -0.15) is 0 Å². The Morgan fingerprint density at radius 3 is 1.52 bits per heavy atom. The molecule has 25 heavy (non-hydrogen) atoms. The molecule has 1 unspecified atom stereocenters.